The number of carbonyl (C=O) groups is 2. The summed E-state index contributed by atoms with van der Waals surface area (Å²) in [6, 6.07) is 8.83. The van der Waals surface area contributed by atoms with Gasteiger partial charge in [-0.05, 0) is 49.8 Å². The Labute approximate surface area is 196 Å². The fourth-order valence-electron chi connectivity index (χ4n) is 5.83. The van der Waals surface area contributed by atoms with Gasteiger partial charge in [-0.25, -0.2) is 0 Å². The fraction of sp³-hybridized carbons (Fsp3) is 0.591. The summed E-state index contributed by atoms with van der Waals surface area (Å²) in [5, 5.41) is 9.38. The predicted octanol–water partition coefficient (Wildman–Crippen LogP) is 0.702. The number of benzene rings is 1. The van der Waals surface area contributed by atoms with E-state index in [0.717, 1.165) is 41.8 Å². The first-order valence-corrected chi connectivity index (χ1v) is 12.0. The van der Waals surface area contributed by atoms with Gasteiger partial charge in [0.25, 0.3) is 0 Å². The monoisotopic (exact) mass is 472 g/mol. The van der Waals surface area contributed by atoms with Crippen LogP contribution < -0.4 is 11.6 Å². The number of nitrogens with zero attached hydrogens (tertiary/aromatic N) is 4. The van der Waals surface area contributed by atoms with E-state index >= 15 is 0 Å². The van der Waals surface area contributed by atoms with Crippen LogP contribution in [0.2, 0.25) is 0 Å². The molecule has 1 aliphatic carbocycles. The third-order valence-electron chi connectivity index (χ3n) is 7.52. The molecule has 3 heterocycles. The Morgan fingerprint density at radius 2 is 2.06 bits per heavy atom. The minimum absolute atomic E-state index is 0.0662. The van der Waals surface area contributed by atoms with E-state index in [9.17, 15) is 14.9 Å². The van der Waals surface area contributed by atoms with Crippen LogP contribution >= 0.6 is 12.0 Å². The molecule has 1 saturated carbocycles. The van der Waals surface area contributed by atoms with E-state index in [1.54, 1.807) is 4.90 Å². The molecule has 1 aromatic rings. The molecule has 0 radical (unpaired) electrons. The number of nitriles is 1. The van der Waals surface area contributed by atoms with Gasteiger partial charge in [-0.2, -0.15) is 11.2 Å². The van der Waals surface area contributed by atoms with E-state index in [0.29, 0.717) is 19.0 Å². The van der Waals surface area contributed by atoms with Crippen LogP contribution in [0, 0.1) is 17.2 Å². The van der Waals surface area contributed by atoms with Crippen LogP contribution in [0.3, 0.4) is 0 Å². The number of hydrogen-bond donors (Lipinski definition) is 2. The zero-order valence-electron chi connectivity index (χ0n) is 18.4. The largest absolute Gasteiger partial charge is 0.330 e. The van der Waals surface area contributed by atoms with Crippen molar-refractivity contribution in [3.8, 4) is 6.07 Å². The zero-order valence-corrected chi connectivity index (χ0v) is 19.2. The normalized spacial score (nSPS) is 32.1. The van der Waals surface area contributed by atoms with E-state index in [4.69, 9.17) is 11.6 Å². The van der Waals surface area contributed by atoms with Crippen molar-refractivity contribution in [1.82, 2.24) is 14.7 Å². The lowest BCUT2D eigenvalue weighted by molar-refractivity contribution is -0.195. The van der Waals surface area contributed by atoms with Crippen molar-refractivity contribution < 1.29 is 18.9 Å². The van der Waals surface area contributed by atoms with Crippen molar-refractivity contribution in [2.45, 2.75) is 67.3 Å². The maximum absolute atomic E-state index is 13.2. The molecule has 3 saturated heterocycles. The average molecular weight is 473 g/mol. The first-order chi connectivity index (χ1) is 15.9. The Kier molecular flexibility index (Phi) is 6.07. The number of fused-ring (bicyclic) bond motifs is 3. The molecule has 3 aliphatic heterocycles. The molecule has 1 unspecified atom stereocenters. The summed E-state index contributed by atoms with van der Waals surface area (Å²) in [5.74, 6) is 5.24. The van der Waals surface area contributed by atoms with E-state index in [1.165, 1.54) is 0 Å². The zero-order chi connectivity index (χ0) is 23.3. The molecule has 33 heavy (non-hydrogen) atoms. The van der Waals surface area contributed by atoms with Crippen LogP contribution in [0.15, 0.2) is 29.2 Å². The molecule has 4 N–H and O–H groups in total. The van der Waals surface area contributed by atoms with Gasteiger partial charge in [-0.3, -0.25) is 14.5 Å². The number of rotatable bonds is 8. The second-order valence-electron chi connectivity index (χ2n) is 9.39. The van der Waals surface area contributed by atoms with Gasteiger partial charge in [0, 0.05) is 30.1 Å². The van der Waals surface area contributed by atoms with Crippen LogP contribution in [-0.2, 0) is 18.9 Å². The summed E-state index contributed by atoms with van der Waals surface area (Å²) in [6.45, 7) is 3.07. The second kappa shape index (κ2) is 8.87. The molecule has 1 aromatic carbocycles. The molecule has 5 rings (SSSR count). The average Bonchev–Trinajstić information content (AvgIpc) is 3.15. The molecule has 11 heteroatoms. The maximum Gasteiger partial charge on any atom is 0.242 e. The molecule has 4 fully saturated rings. The smallest absolute Gasteiger partial charge is 0.242 e. The SMILES string of the molecule is C[C@H](c1ccc(SOON)cc1)N1C(=O)[C@H]2CC1CN2C[C@H](N)C(=O)N1[C@H](C#N)C[C@@H]2C[C@@H]21. The van der Waals surface area contributed by atoms with E-state index < -0.39 is 6.04 Å². The van der Waals surface area contributed by atoms with Crippen molar-refractivity contribution in [3.63, 3.8) is 0 Å². The lowest BCUT2D eigenvalue weighted by Gasteiger charge is -2.38. The first-order valence-electron chi connectivity index (χ1n) is 11.3. The van der Waals surface area contributed by atoms with Gasteiger partial charge in [0.2, 0.25) is 11.8 Å². The first kappa shape index (κ1) is 22.6. The number of amides is 2. The summed E-state index contributed by atoms with van der Waals surface area (Å²) < 4.78 is 4.66. The Bertz CT molecular complexity index is 971. The van der Waals surface area contributed by atoms with Gasteiger partial charge >= 0.3 is 0 Å². The van der Waals surface area contributed by atoms with Crippen molar-refractivity contribution in [2.75, 3.05) is 13.1 Å². The Hall–Kier alpha value is -2.20. The summed E-state index contributed by atoms with van der Waals surface area (Å²) in [7, 11) is 0. The highest BCUT2D eigenvalue weighted by Crippen LogP contribution is 2.48. The molecule has 2 bridgehead atoms. The lowest BCUT2D eigenvalue weighted by atomic mass is 10.1. The Balaban J connectivity index is 1.19. The summed E-state index contributed by atoms with van der Waals surface area (Å²) >= 11 is 1.01. The third kappa shape index (κ3) is 4.01. The highest BCUT2D eigenvalue weighted by Gasteiger charge is 2.56. The predicted molar refractivity (Wildman–Crippen MR) is 118 cm³/mol. The summed E-state index contributed by atoms with van der Waals surface area (Å²) in [5.41, 5.74) is 7.32. The van der Waals surface area contributed by atoms with Crippen LogP contribution in [-0.4, -0.2) is 69.8 Å². The fourth-order valence-corrected chi connectivity index (χ4v) is 6.20. The van der Waals surface area contributed by atoms with Crippen LogP contribution in [0.4, 0.5) is 0 Å². The molecular formula is C22H28N6O4S. The van der Waals surface area contributed by atoms with Gasteiger partial charge in [0.15, 0.2) is 0 Å². The van der Waals surface area contributed by atoms with E-state index in [1.807, 2.05) is 41.0 Å². The van der Waals surface area contributed by atoms with Crippen LogP contribution in [0.25, 0.3) is 0 Å². The molecular weight excluding hydrogens is 444 g/mol. The maximum atomic E-state index is 13.2. The second-order valence-corrected chi connectivity index (χ2v) is 10.2. The number of nitrogens with two attached hydrogens (primary N) is 2. The standard InChI is InChI=1S/C22H28N6O4S/c1-12(13-2-4-17(5-3-13)33-32-31-25)27-16-8-20(22(27)30)26(10-16)11-18(24)21(29)28-15(9-23)6-14-7-19(14)28/h2-5,12,14-16,18-20H,6-8,10-11,24-25H2,1H3/t12-,14-,15+,16?,18+,19+,20-/m1/s1. The number of piperazine rings is 1. The molecule has 176 valence electrons. The summed E-state index contributed by atoms with van der Waals surface area (Å²) in [4.78, 5) is 36.8. The molecule has 4 aliphatic rings. The van der Waals surface area contributed by atoms with Crippen molar-refractivity contribution in [1.29, 1.82) is 5.26 Å². The minimum Gasteiger partial charge on any atom is -0.330 e. The highest BCUT2D eigenvalue weighted by molar-refractivity contribution is 7.94. The number of carbonyl (C=O) groups excluding carboxylic acids is 2. The van der Waals surface area contributed by atoms with Crippen molar-refractivity contribution >= 4 is 23.9 Å². The third-order valence-corrected chi connectivity index (χ3v) is 8.13. The highest BCUT2D eigenvalue weighted by atomic mass is 32.2. The van der Waals surface area contributed by atoms with Gasteiger partial charge in [-0.1, -0.05) is 12.1 Å². The molecule has 0 spiro atoms. The lowest BCUT2D eigenvalue weighted by Crippen LogP contribution is -2.57. The van der Waals surface area contributed by atoms with Gasteiger partial charge in [-0.15, -0.1) is 9.32 Å². The quantitative estimate of drug-likeness (QED) is 0.318. The van der Waals surface area contributed by atoms with Crippen LogP contribution in [0.1, 0.15) is 37.8 Å². The van der Waals surface area contributed by atoms with Gasteiger partial charge < -0.3 is 15.5 Å². The minimum atomic E-state index is -0.719. The van der Waals surface area contributed by atoms with Crippen molar-refractivity contribution in [2.24, 2.45) is 17.5 Å². The Morgan fingerprint density at radius 3 is 2.73 bits per heavy atom. The Morgan fingerprint density at radius 1 is 1.30 bits per heavy atom. The number of hydrogen-bond acceptors (Lipinski definition) is 9. The van der Waals surface area contributed by atoms with Crippen molar-refractivity contribution in [3.05, 3.63) is 29.8 Å². The van der Waals surface area contributed by atoms with E-state index in [2.05, 4.69) is 15.4 Å². The van der Waals surface area contributed by atoms with Gasteiger partial charge in [0.1, 0.15) is 6.04 Å². The van der Waals surface area contributed by atoms with E-state index in [-0.39, 0.29) is 42.0 Å². The number of piperidine rings is 1. The summed E-state index contributed by atoms with van der Waals surface area (Å²) in [6.07, 6.45) is 2.48. The topological polar surface area (TPSA) is 138 Å². The molecule has 10 nitrogen and oxygen atoms in total. The molecule has 2 amide bonds. The number of likely N-dealkylation sites (tertiary alicyclic amines) is 3. The van der Waals surface area contributed by atoms with Gasteiger partial charge in [0.05, 0.1) is 36.2 Å². The van der Waals surface area contributed by atoms with Crippen LogP contribution in [0.5, 0.6) is 0 Å². The molecule has 0 aromatic heterocycles. The molecule has 7 atom stereocenters.